The number of hydrogen-bond donors (Lipinski definition) is 1. The van der Waals surface area contributed by atoms with Gasteiger partial charge in [0.05, 0.1) is 18.7 Å². The maximum Gasteiger partial charge on any atom is 0.573 e. The fraction of sp³-hybridized carbons (Fsp3) is 0.389. The number of carbonyl (C=O) groups is 2. The second kappa shape index (κ2) is 9.25. The zero-order valence-electron chi connectivity index (χ0n) is 15.4. The number of nitrogens with one attached hydrogen (secondary N) is 1. The highest BCUT2D eigenvalue weighted by molar-refractivity contribution is 5.80. The van der Waals surface area contributed by atoms with E-state index in [9.17, 15) is 22.8 Å². The van der Waals surface area contributed by atoms with Gasteiger partial charge in [-0.1, -0.05) is 18.2 Å². The summed E-state index contributed by atoms with van der Waals surface area (Å²) >= 11 is 0. The van der Waals surface area contributed by atoms with Crippen LogP contribution in [0.1, 0.15) is 23.4 Å². The number of hydrogen-bond acceptors (Lipinski definition) is 5. The molecule has 1 amide bonds. The van der Waals surface area contributed by atoms with Crippen molar-refractivity contribution in [1.82, 2.24) is 15.1 Å². The molecule has 0 atom stereocenters. The van der Waals surface area contributed by atoms with Crippen molar-refractivity contribution < 1.29 is 32.2 Å². The molecule has 0 fully saturated rings. The highest BCUT2D eigenvalue weighted by atomic mass is 19.4. The number of carbonyl (C=O) groups excluding carboxylic acids is 2. The summed E-state index contributed by atoms with van der Waals surface area (Å²) in [5.41, 5.74) is 1.88. The number of nitrogens with zero attached hydrogens (tertiary/aromatic N) is 2. The molecule has 0 unspecified atom stereocenters. The summed E-state index contributed by atoms with van der Waals surface area (Å²) in [6.07, 6.45) is -4.79. The molecule has 0 saturated heterocycles. The third-order valence-electron chi connectivity index (χ3n) is 3.67. The first-order valence-corrected chi connectivity index (χ1v) is 8.41. The van der Waals surface area contributed by atoms with Crippen LogP contribution in [0.4, 0.5) is 13.2 Å². The van der Waals surface area contributed by atoms with E-state index in [2.05, 4.69) is 15.2 Å². The van der Waals surface area contributed by atoms with Crippen molar-refractivity contribution in [3.05, 3.63) is 47.3 Å². The van der Waals surface area contributed by atoms with Crippen LogP contribution in [-0.2, 0) is 27.4 Å². The van der Waals surface area contributed by atoms with E-state index < -0.39 is 30.6 Å². The first-order chi connectivity index (χ1) is 13.1. The standard InChI is InChI=1S/C18H20F3N3O4/c1-12-9-13(2)24(23-12)8-7-17(26)27-11-16(25)22-10-14-5-3-4-6-15(14)28-18(19,20)21/h3-6,9H,7-8,10-11H2,1-2H3,(H,22,25). The number of halogens is 3. The minimum atomic E-state index is -4.83. The second-order valence-corrected chi connectivity index (χ2v) is 5.99. The summed E-state index contributed by atoms with van der Waals surface area (Å²) in [7, 11) is 0. The molecule has 152 valence electrons. The molecular formula is C18H20F3N3O4. The van der Waals surface area contributed by atoms with Crippen molar-refractivity contribution in [3.63, 3.8) is 0 Å². The molecule has 1 heterocycles. The third kappa shape index (κ3) is 6.93. The zero-order valence-corrected chi connectivity index (χ0v) is 15.4. The summed E-state index contributed by atoms with van der Waals surface area (Å²) in [6, 6.07) is 7.32. The zero-order chi connectivity index (χ0) is 20.7. The predicted molar refractivity (Wildman–Crippen MR) is 92.2 cm³/mol. The van der Waals surface area contributed by atoms with Gasteiger partial charge in [0.2, 0.25) is 0 Å². The quantitative estimate of drug-likeness (QED) is 0.690. The van der Waals surface area contributed by atoms with Gasteiger partial charge in [-0.25, -0.2) is 0 Å². The van der Waals surface area contributed by atoms with Gasteiger partial charge in [0.1, 0.15) is 5.75 Å². The highest BCUT2D eigenvalue weighted by Crippen LogP contribution is 2.26. The molecule has 1 aromatic carbocycles. The molecule has 0 spiro atoms. The lowest BCUT2D eigenvalue weighted by Crippen LogP contribution is -2.29. The number of alkyl halides is 3. The summed E-state index contributed by atoms with van der Waals surface area (Å²) in [6.45, 7) is 3.29. The SMILES string of the molecule is Cc1cc(C)n(CCC(=O)OCC(=O)NCc2ccccc2OC(F)(F)F)n1. The normalized spacial score (nSPS) is 11.2. The Morgan fingerprint density at radius 1 is 1.21 bits per heavy atom. The summed E-state index contributed by atoms with van der Waals surface area (Å²) in [5, 5.41) is 6.60. The first kappa shape index (κ1) is 21.3. The van der Waals surface area contributed by atoms with Crippen molar-refractivity contribution in [2.24, 2.45) is 0 Å². The Hall–Kier alpha value is -3.04. The summed E-state index contributed by atoms with van der Waals surface area (Å²) in [5.74, 6) is -1.62. The van der Waals surface area contributed by atoms with E-state index in [1.807, 2.05) is 19.9 Å². The van der Waals surface area contributed by atoms with Gasteiger partial charge in [-0.3, -0.25) is 14.3 Å². The molecular weight excluding hydrogens is 379 g/mol. The fourth-order valence-electron chi connectivity index (χ4n) is 2.44. The van der Waals surface area contributed by atoms with Crippen LogP contribution in [0.3, 0.4) is 0 Å². The van der Waals surface area contributed by atoms with E-state index in [4.69, 9.17) is 4.74 Å². The smallest absolute Gasteiger partial charge is 0.456 e. The lowest BCUT2D eigenvalue weighted by molar-refractivity contribution is -0.274. The maximum atomic E-state index is 12.4. The largest absolute Gasteiger partial charge is 0.573 e. The molecule has 2 rings (SSSR count). The number of ether oxygens (including phenoxy) is 2. The molecule has 0 aliphatic rings. The number of para-hydroxylation sites is 1. The molecule has 0 aliphatic carbocycles. The molecule has 0 saturated carbocycles. The van der Waals surface area contributed by atoms with Gasteiger partial charge in [-0.15, -0.1) is 13.2 Å². The Kier molecular flexibility index (Phi) is 7.02. The monoisotopic (exact) mass is 399 g/mol. The molecule has 1 aromatic heterocycles. The number of aryl methyl sites for hydroxylation is 3. The van der Waals surface area contributed by atoms with Gasteiger partial charge in [0, 0.05) is 17.8 Å². The van der Waals surface area contributed by atoms with E-state index in [0.717, 1.165) is 17.5 Å². The molecule has 0 radical (unpaired) electrons. The van der Waals surface area contributed by atoms with Crippen molar-refractivity contribution in [1.29, 1.82) is 0 Å². The fourth-order valence-corrected chi connectivity index (χ4v) is 2.44. The lowest BCUT2D eigenvalue weighted by atomic mass is 10.2. The number of rotatable bonds is 8. The Morgan fingerprint density at radius 3 is 2.57 bits per heavy atom. The van der Waals surface area contributed by atoms with Crippen molar-refractivity contribution in [3.8, 4) is 5.75 Å². The Bertz CT molecular complexity index is 834. The number of benzene rings is 1. The van der Waals surface area contributed by atoms with Crippen molar-refractivity contribution in [2.75, 3.05) is 6.61 Å². The predicted octanol–water partition coefficient (Wildman–Crippen LogP) is 2.65. The average Bonchev–Trinajstić information content (AvgIpc) is 2.93. The van der Waals surface area contributed by atoms with Crippen LogP contribution in [-0.4, -0.2) is 34.6 Å². The molecule has 28 heavy (non-hydrogen) atoms. The molecule has 0 bridgehead atoms. The van der Waals surface area contributed by atoms with E-state index in [0.29, 0.717) is 6.54 Å². The van der Waals surface area contributed by atoms with Gasteiger partial charge >= 0.3 is 12.3 Å². The third-order valence-corrected chi connectivity index (χ3v) is 3.67. The second-order valence-electron chi connectivity index (χ2n) is 5.99. The summed E-state index contributed by atoms with van der Waals surface area (Å²) < 4.78 is 47.6. The number of aromatic nitrogens is 2. The van der Waals surface area contributed by atoms with E-state index >= 15 is 0 Å². The minimum Gasteiger partial charge on any atom is -0.456 e. The van der Waals surface area contributed by atoms with Crippen molar-refractivity contribution in [2.45, 2.75) is 39.7 Å². The molecule has 0 aliphatic heterocycles. The molecule has 7 nitrogen and oxygen atoms in total. The summed E-state index contributed by atoms with van der Waals surface area (Å²) in [4.78, 5) is 23.5. The van der Waals surface area contributed by atoms with Gasteiger partial charge < -0.3 is 14.8 Å². The van der Waals surface area contributed by atoms with Crippen molar-refractivity contribution >= 4 is 11.9 Å². The minimum absolute atomic E-state index is 0.0392. The Morgan fingerprint density at radius 2 is 1.93 bits per heavy atom. The van der Waals surface area contributed by atoms with Crippen LogP contribution in [0.15, 0.2) is 30.3 Å². The Labute approximate surface area is 159 Å². The van der Waals surface area contributed by atoms with E-state index in [1.165, 1.54) is 18.2 Å². The van der Waals surface area contributed by atoms with Crippen LogP contribution in [0.25, 0.3) is 0 Å². The van der Waals surface area contributed by atoms with Crippen LogP contribution >= 0.6 is 0 Å². The van der Waals surface area contributed by atoms with Gasteiger partial charge in [-0.2, -0.15) is 5.10 Å². The van der Waals surface area contributed by atoms with E-state index in [-0.39, 0.29) is 18.5 Å². The van der Waals surface area contributed by atoms with Gasteiger partial charge in [0.25, 0.3) is 5.91 Å². The molecule has 10 heteroatoms. The van der Waals surface area contributed by atoms with Gasteiger partial charge in [0.15, 0.2) is 6.61 Å². The maximum absolute atomic E-state index is 12.4. The van der Waals surface area contributed by atoms with Crippen LogP contribution < -0.4 is 10.1 Å². The van der Waals surface area contributed by atoms with E-state index in [1.54, 1.807) is 4.68 Å². The van der Waals surface area contributed by atoms with Gasteiger partial charge in [-0.05, 0) is 26.0 Å². The highest BCUT2D eigenvalue weighted by Gasteiger charge is 2.32. The number of esters is 1. The molecule has 2 aromatic rings. The first-order valence-electron chi connectivity index (χ1n) is 8.41. The van der Waals surface area contributed by atoms with Crippen LogP contribution in [0, 0.1) is 13.8 Å². The topological polar surface area (TPSA) is 82.5 Å². The van der Waals surface area contributed by atoms with Crippen LogP contribution in [0.2, 0.25) is 0 Å². The lowest BCUT2D eigenvalue weighted by Gasteiger charge is -2.13. The average molecular weight is 399 g/mol. The van der Waals surface area contributed by atoms with Crippen LogP contribution in [0.5, 0.6) is 5.75 Å². The Balaban J connectivity index is 1.75. The number of amides is 1. The molecule has 1 N–H and O–H groups in total.